The van der Waals surface area contributed by atoms with Crippen LogP contribution in [-0.4, -0.2) is 29.5 Å². The summed E-state index contributed by atoms with van der Waals surface area (Å²) in [5.41, 5.74) is 0.657. The third kappa shape index (κ3) is 5.83. The Morgan fingerprint density at radius 2 is 1.89 bits per heavy atom. The van der Waals surface area contributed by atoms with Crippen LogP contribution in [0.1, 0.15) is 36.2 Å². The van der Waals surface area contributed by atoms with Crippen molar-refractivity contribution in [2.24, 2.45) is 0 Å². The Bertz CT molecular complexity index is 815. The van der Waals surface area contributed by atoms with Gasteiger partial charge in [0.05, 0.1) is 11.6 Å². The lowest BCUT2D eigenvalue weighted by atomic mass is 10.1. The van der Waals surface area contributed by atoms with Crippen LogP contribution in [0.4, 0.5) is 19.1 Å². The molecule has 2 aromatic rings. The molecule has 1 aromatic heterocycles. The van der Waals surface area contributed by atoms with Crippen molar-refractivity contribution in [3.63, 3.8) is 0 Å². The molecule has 3 rings (SSSR count). The molecule has 1 unspecified atom stereocenters. The average molecular weight is 382 g/mol. The average Bonchev–Trinajstić information content (AvgIpc) is 2.52. The minimum Gasteiger partial charge on any atom is -0.352 e. The second kappa shape index (κ2) is 8.70. The van der Waals surface area contributed by atoms with Gasteiger partial charge in [0.2, 0.25) is 12.4 Å². The van der Waals surface area contributed by atoms with E-state index in [9.17, 15) is 22.8 Å². The fourth-order valence-electron chi connectivity index (χ4n) is 2.40. The van der Waals surface area contributed by atoms with E-state index in [1.807, 2.05) is 6.92 Å². The summed E-state index contributed by atoms with van der Waals surface area (Å²) in [7, 11) is 0. The van der Waals surface area contributed by atoms with Crippen molar-refractivity contribution in [1.82, 2.24) is 15.3 Å². The molecule has 146 valence electrons. The summed E-state index contributed by atoms with van der Waals surface area (Å²) in [6.07, 6.45) is -2.61. The molecule has 0 radical (unpaired) electrons. The van der Waals surface area contributed by atoms with Crippen molar-refractivity contribution in [2.75, 3.05) is 18.0 Å². The van der Waals surface area contributed by atoms with Gasteiger partial charge in [-0.2, -0.15) is 13.2 Å². The van der Waals surface area contributed by atoms with Crippen LogP contribution in [0, 0.1) is 6.92 Å². The Labute approximate surface area is 154 Å². The first-order chi connectivity index (χ1) is 12.7. The number of H-pyrrole nitrogens is 1. The molecule has 6 nitrogen and oxygen atoms in total. The van der Waals surface area contributed by atoms with E-state index in [0.29, 0.717) is 17.9 Å². The first kappa shape index (κ1) is 20.5. The predicted molar refractivity (Wildman–Crippen MR) is 95.5 cm³/mol. The number of hydrogen-bond acceptors (Lipinski definition) is 4. The summed E-state index contributed by atoms with van der Waals surface area (Å²) in [6.45, 7) is 5.54. The third-order valence-electron chi connectivity index (χ3n) is 4.07. The maximum atomic E-state index is 12.2. The second-order valence-corrected chi connectivity index (χ2v) is 6.18. The summed E-state index contributed by atoms with van der Waals surface area (Å²) in [5, 5.41) is 2.46. The van der Waals surface area contributed by atoms with Crippen LogP contribution in [0.5, 0.6) is 0 Å². The molecule has 0 bridgehead atoms. The monoisotopic (exact) mass is 382 g/mol. The highest BCUT2D eigenvalue weighted by molar-refractivity contribution is 5.47. The van der Waals surface area contributed by atoms with Crippen LogP contribution in [0.2, 0.25) is 0 Å². The van der Waals surface area contributed by atoms with Gasteiger partial charge in [-0.1, -0.05) is 12.1 Å². The smallest absolute Gasteiger partial charge is 0.352 e. The van der Waals surface area contributed by atoms with E-state index in [4.69, 9.17) is 0 Å². The first-order valence-electron chi connectivity index (χ1n) is 8.40. The standard InChI is InChI=1S/C10H10F3NO.C8H11N3O/c1-7(14-6-15)8-2-4-9(5-3-8)10(11,12)13;1-6-5-7(12)10-8(9-6)11-3-2-4-11/h2-7H,1H3,(H,14,15);5H,2-4H2,1H3,(H,9,10,12). The van der Waals surface area contributed by atoms with Gasteiger partial charge in [0.25, 0.3) is 5.56 Å². The molecule has 1 aliphatic rings. The highest BCUT2D eigenvalue weighted by atomic mass is 19.4. The largest absolute Gasteiger partial charge is 0.416 e. The first-order valence-corrected chi connectivity index (χ1v) is 8.40. The quantitative estimate of drug-likeness (QED) is 0.797. The number of benzene rings is 1. The van der Waals surface area contributed by atoms with Crippen molar-refractivity contribution in [1.29, 1.82) is 0 Å². The summed E-state index contributed by atoms with van der Waals surface area (Å²) in [5.74, 6) is 0.714. The topological polar surface area (TPSA) is 78.1 Å². The van der Waals surface area contributed by atoms with Gasteiger partial charge in [0, 0.05) is 24.8 Å². The lowest BCUT2D eigenvalue weighted by Crippen LogP contribution is -2.39. The van der Waals surface area contributed by atoms with E-state index in [-0.39, 0.29) is 11.6 Å². The Hall–Kier alpha value is -2.84. The summed E-state index contributed by atoms with van der Waals surface area (Å²) in [6, 6.07) is 5.92. The zero-order valence-electron chi connectivity index (χ0n) is 15.0. The molecule has 1 amide bonds. The van der Waals surface area contributed by atoms with E-state index in [2.05, 4.69) is 20.2 Å². The number of carbonyl (C=O) groups is 1. The minimum atomic E-state index is -4.32. The zero-order valence-corrected chi connectivity index (χ0v) is 15.0. The fourth-order valence-corrected chi connectivity index (χ4v) is 2.40. The molecule has 0 aliphatic carbocycles. The Morgan fingerprint density at radius 3 is 2.33 bits per heavy atom. The number of carbonyl (C=O) groups excluding carboxylic acids is 1. The van der Waals surface area contributed by atoms with Crippen LogP contribution in [-0.2, 0) is 11.0 Å². The van der Waals surface area contributed by atoms with E-state index in [1.54, 1.807) is 6.92 Å². The lowest BCUT2D eigenvalue weighted by molar-refractivity contribution is -0.137. The number of nitrogens with one attached hydrogen (secondary N) is 2. The molecule has 27 heavy (non-hydrogen) atoms. The van der Waals surface area contributed by atoms with Crippen molar-refractivity contribution < 1.29 is 18.0 Å². The Kier molecular flexibility index (Phi) is 6.59. The maximum Gasteiger partial charge on any atom is 0.416 e. The number of halogens is 3. The molecule has 2 heterocycles. The number of rotatable bonds is 4. The molecular weight excluding hydrogens is 361 g/mol. The predicted octanol–water partition coefficient (Wildman–Crippen LogP) is 2.80. The van der Waals surface area contributed by atoms with Crippen LogP contribution in [0.15, 0.2) is 35.1 Å². The number of aromatic amines is 1. The molecule has 1 atom stereocenters. The number of hydrogen-bond donors (Lipinski definition) is 2. The summed E-state index contributed by atoms with van der Waals surface area (Å²) in [4.78, 5) is 30.2. The van der Waals surface area contributed by atoms with E-state index in [0.717, 1.165) is 30.9 Å². The van der Waals surface area contributed by atoms with Crippen molar-refractivity contribution >= 4 is 12.4 Å². The molecule has 2 N–H and O–H groups in total. The van der Waals surface area contributed by atoms with Gasteiger partial charge < -0.3 is 10.2 Å². The van der Waals surface area contributed by atoms with E-state index in [1.165, 1.54) is 24.6 Å². The SMILES string of the molecule is CC(NC=O)c1ccc(C(F)(F)F)cc1.Cc1cc(=O)[nH]c(N2CCC2)n1. The fraction of sp³-hybridized carbons (Fsp3) is 0.389. The molecule has 1 aliphatic heterocycles. The summed E-state index contributed by atoms with van der Waals surface area (Å²) < 4.78 is 36.6. The second-order valence-electron chi connectivity index (χ2n) is 6.18. The van der Waals surface area contributed by atoms with Crippen LogP contribution < -0.4 is 15.8 Å². The number of aromatic nitrogens is 2. The van der Waals surface area contributed by atoms with Crippen LogP contribution in [0.25, 0.3) is 0 Å². The zero-order chi connectivity index (χ0) is 20.0. The van der Waals surface area contributed by atoms with Crippen LogP contribution in [0.3, 0.4) is 0 Å². The van der Waals surface area contributed by atoms with Gasteiger partial charge in [-0.15, -0.1) is 0 Å². The molecular formula is C18H21F3N4O2. The molecule has 9 heteroatoms. The number of nitrogens with zero attached hydrogens (tertiary/aromatic N) is 2. The highest BCUT2D eigenvalue weighted by Gasteiger charge is 2.30. The van der Waals surface area contributed by atoms with Crippen molar-refractivity contribution in [3.8, 4) is 0 Å². The van der Waals surface area contributed by atoms with E-state index < -0.39 is 11.7 Å². The van der Waals surface area contributed by atoms with Gasteiger partial charge in [-0.3, -0.25) is 14.6 Å². The number of anilines is 1. The van der Waals surface area contributed by atoms with Gasteiger partial charge >= 0.3 is 6.18 Å². The van der Waals surface area contributed by atoms with Crippen LogP contribution >= 0.6 is 0 Å². The number of aryl methyl sites for hydroxylation is 1. The third-order valence-corrected chi connectivity index (χ3v) is 4.07. The number of amides is 1. The lowest BCUT2D eigenvalue weighted by Gasteiger charge is -2.31. The summed E-state index contributed by atoms with van der Waals surface area (Å²) >= 11 is 0. The maximum absolute atomic E-state index is 12.2. The molecule has 1 fully saturated rings. The number of alkyl halides is 3. The van der Waals surface area contributed by atoms with Gasteiger partial charge in [0.15, 0.2) is 0 Å². The van der Waals surface area contributed by atoms with Crippen molar-refractivity contribution in [3.05, 3.63) is 57.5 Å². The Balaban J connectivity index is 0.000000198. The molecule has 0 spiro atoms. The van der Waals surface area contributed by atoms with E-state index >= 15 is 0 Å². The minimum absolute atomic E-state index is 0.0654. The molecule has 0 saturated carbocycles. The van der Waals surface area contributed by atoms with Crippen molar-refractivity contribution in [2.45, 2.75) is 32.5 Å². The Morgan fingerprint density at radius 1 is 1.26 bits per heavy atom. The normalized spacial score (nSPS) is 14.5. The van der Waals surface area contributed by atoms with Gasteiger partial charge in [0.1, 0.15) is 0 Å². The van der Waals surface area contributed by atoms with Gasteiger partial charge in [-0.05, 0) is 38.0 Å². The molecule has 1 aromatic carbocycles. The molecule has 1 saturated heterocycles. The van der Waals surface area contributed by atoms with Gasteiger partial charge in [-0.25, -0.2) is 4.98 Å². The highest BCUT2D eigenvalue weighted by Crippen LogP contribution is 2.29.